The number of hydrogen-bond donors (Lipinski definition) is 2. The smallest absolute Gasteiger partial charge is 0.323 e. The zero-order chi connectivity index (χ0) is 16.0. The van der Waals surface area contributed by atoms with E-state index < -0.39 is 23.3 Å². The molecule has 0 bridgehead atoms. The third kappa shape index (κ3) is 5.71. The van der Waals surface area contributed by atoms with Crippen LogP contribution in [0.4, 0.5) is 4.79 Å². The third-order valence-corrected chi connectivity index (χ3v) is 3.53. The Morgan fingerprint density at radius 2 is 2.00 bits per heavy atom. The molecule has 7 heteroatoms. The van der Waals surface area contributed by atoms with Crippen molar-refractivity contribution in [1.29, 1.82) is 0 Å². The molecule has 0 aromatic rings. The standard InChI is InChI=1S/C14H24N2O5/c1-14(2,12(18)19)8-11(17)15-13(20)16(3)9-10-6-4-5-7-21-10/h10H,4-9H2,1-3H3,(H,18,19)(H,15,17,20). The minimum Gasteiger partial charge on any atom is -0.481 e. The second-order valence-corrected chi connectivity index (χ2v) is 6.09. The fraction of sp³-hybridized carbons (Fsp3) is 0.786. The molecular formula is C14H24N2O5. The van der Waals surface area contributed by atoms with Gasteiger partial charge in [0.25, 0.3) is 0 Å². The molecule has 21 heavy (non-hydrogen) atoms. The van der Waals surface area contributed by atoms with E-state index in [-0.39, 0.29) is 12.5 Å². The maximum Gasteiger partial charge on any atom is 0.323 e. The van der Waals surface area contributed by atoms with E-state index in [0.29, 0.717) is 13.2 Å². The molecule has 0 radical (unpaired) electrons. The highest BCUT2D eigenvalue weighted by Crippen LogP contribution is 2.20. The molecule has 1 fully saturated rings. The molecule has 0 spiro atoms. The van der Waals surface area contributed by atoms with Crippen LogP contribution in [0.15, 0.2) is 0 Å². The molecule has 1 unspecified atom stereocenters. The van der Waals surface area contributed by atoms with Crippen LogP contribution >= 0.6 is 0 Å². The molecule has 1 rings (SSSR count). The number of carbonyl (C=O) groups is 3. The van der Waals surface area contributed by atoms with Crippen LogP contribution < -0.4 is 5.32 Å². The number of carboxylic acids is 1. The van der Waals surface area contributed by atoms with Crippen molar-refractivity contribution in [2.75, 3.05) is 20.2 Å². The van der Waals surface area contributed by atoms with Gasteiger partial charge in [0.05, 0.1) is 11.5 Å². The van der Waals surface area contributed by atoms with Crippen LogP contribution in [0.1, 0.15) is 39.5 Å². The Kier molecular flexibility index (Phi) is 6.14. The van der Waals surface area contributed by atoms with Crippen molar-refractivity contribution in [3.8, 4) is 0 Å². The van der Waals surface area contributed by atoms with Gasteiger partial charge in [-0.05, 0) is 33.1 Å². The number of carboxylic acid groups (broad SMARTS) is 1. The molecule has 0 saturated carbocycles. The highest BCUT2D eigenvalue weighted by atomic mass is 16.5. The van der Waals surface area contributed by atoms with E-state index in [0.717, 1.165) is 19.3 Å². The number of rotatable bonds is 5. The summed E-state index contributed by atoms with van der Waals surface area (Å²) in [6, 6.07) is -0.532. The van der Waals surface area contributed by atoms with Crippen LogP contribution in [0.25, 0.3) is 0 Å². The maximum atomic E-state index is 11.9. The summed E-state index contributed by atoms with van der Waals surface area (Å²) in [5.41, 5.74) is -1.20. The first-order chi connectivity index (χ1) is 9.72. The number of aliphatic carboxylic acids is 1. The van der Waals surface area contributed by atoms with Crippen LogP contribution in [0.3, 0.4) is 0 Å². The average Bonchev–Trinajstić information content (AvgIpc) is 2.38. The van der Waals surface area contributed by atoms with E-state index in [2.05, 4.69) is 5.32 Å². The van der Waals surface area contributed by atoms with E-state index in [1.807, 2.05) is 0 Å². The van der Waals surface area contributed by atoms with Gasteiger partial charge in [-0.2, -0.15) is 0 Å². The summed E-state index contributed by atoms with van der Waals surface area (Å²) in [4.78, 5) is 35.9. The Labute approximate surface area is 124 Å². The maximum absolute atomic E-state index is 11.9. The predicted molar refractivity (Wildman–Crippen MR) is 75.8 cm³/mol. The van der Waals surface area contributed by atoms with Gasteiger partial charge >= 0.3 is 12.0 Å². The van der Waals surface area contributed by atoms with Crippen LogP contribution in [0, 0.1) is 5.41 Å². The van der Waals surface area contributed by atoms with Crippen molar-refractivity contribution in [3.05, 3.63) is 0 Å². The Bertz CT molecular complexity index is 402. The monoisotopic (exact) mass is 300 g/mol. The van der Waals surface area contributed by atoms with Crippen LogP contribution in [0.5, 0.6) is 0 Å². The number of likely N-dealkylation sites (N-methyl/N-ethyl adjacent to an activating group) is 1. The number of nitrogens with one attached hydrogen (secondary N) is 1. The van der Waals surface area contributed by atoms with Crippen LogP contribution in [-0.2, 0) is 14.3 Å². The van der Waals surface area contributed by atoms with Crippen molar-refractivity contribution in [3.63, 3.8) is 0 Å². The number of nitrogens with zero attached hydrogens (tertiary/aromatic N) is 1. The Balaban J connectivity index is 2.40. The SMILES string of the molecule is CN(CC1CCCCO1)C(=O)NC(=O)CC(C)(C)C(=O)O. The van der Waals surface area contributed by atoms with Gasteiger partial charge < -0.3 is 14.7 Å². The van der Waals surface area contributed by atoms with Crippen molar-refractivity contribution in [2.45, 2.75) is 45.6 Å². The molecule has 0 aromatic heterocycles. The lowest BCUT2D eigenvalue weighted by Crippen LogP contribution is -2.46. The first-order valence-corrected chi connectivity index (χ1v) is 7.12. The number of imide groups is 1. The molecule has 1 aliphatic heterocycles. The summed E-state index contributed by atoms with van der Waals surface area (Å²) < 4.78 is 5.53. The van der Waals surface area contributed by atoms with Crippen molar-refractivity contribution in [1.82, 2.24) is 10.2 Å². The fourth-order valence-corrected chi connectivity index (χ4v) is 2.08. The molecule has 0 aliphatic carbocycles. The molecule has 3 amide bonds. The van der Waals surface area contributed by atoms with Crippen molar-refractivity contribution < 1.29 is 24.2 Å². The first kappa shape index (κ1) is 17.4. The largest absolute Gasteiger partial charge is 0.481 e. The molecule has 1 aliphatic rings. The van der Waals surface area contributed by atoms with E-state index >= 15 is 0 Å². The normalized spacial score (nSPS) is 18.9. The van der Waals surface area contributed by atoms with E-state index in [4.69, 9.17) is 9.84 Å². The third-order valence-electron chi connectivity index (χ3n) is 3.53. The van der Waals surface area contributed by atoms with Crippen LogP contribution in [0.2, 0.25) is 0 Å². The molecule has 7 nitrogen and oxygen atoms in total. The number of hydrogen-bond acceptors (Lipinski definition) is 4. The second-order valence-electron chi connectivity index (χ2n) is 6.09. The lowest BCUT2D eigenvalue weighted by molar-refractivity contribution is -0.149. The molecule has 0 aromatic carbocycles. The predicted octanol–water partition coefficient (Wildman–Crippen LogP) is 1.22. The summed E-state index contributed by atoms with van der Waals surface area (Å²) in [5, 5.41) is 11.2. The lowest BCUT2D eigenvalue weighted by Gasteiger charge is -2.27. The van der Waals surface area contributed by atoms with Crippen molar-refractivity contribution >= 4 is 17.9 Å². The summed E-state index contributed by atoms with van der Waals surface area (Å²) >= 11 is 0. The quantitative estimate of drug-likeness (QED) is 0.796. The summed E-state index contributed by atoms with van der Waals surface area (Å²) in [5.74, 6) is -1.67. The number of ether oxygens (including phenoxy) is 1. The Morgan fingerprint density at radius 1 is 1.33 bits per heavy atom. The zero-order valence-electron chi connectivity index (χ0n) is 12.8. The molecular weight excluding hydrogens is 276 g/mol. The van der Waals surface area contributed by atoms with Gasteiger partial charge in [0.15, 0.2) is 0 Å². The second kappa shape index (κ2) is 7.40. The fourth-order valence-electron chi connectivity index (χ4n) is 2.08. The Hall–Kier alpha value is -1.63. The van der Waals surface area contributed by atoms with Crippen molar-refractivity contribution in [2.24, 2.45) is 5.41 Å². The number of urea groups is 1. The van der Waals surface area contributed by atoms with Gasteiger partial charge in [0.1, 0.15) is 0 Å². The van der Waals surface area contributed by atoms with Gasteiger partial charge in [0.2, 0.25) is 5.91 Å². The minimum absolute atomic E-state index is 0.0000580. The van der Waals surface area contributed by atoms with E-state index in [1.54, 1.807) is 7.05 Å². The highest BCUT2D eigenvalue weighted by molar-refractivity contribution is 5.96. The van der Waals surface area contributed by atoms with Gasteiger partial charge in [-0.1, -0.05) is 0 Å². The van der Waals surface area contributed by atoms with Gasteiger partial charge in [-0.3, -0.25) is 14.9 Å². The Morgan fingerprint density at radius 3 is 2.52 bits per heavy atom. The van der Waals surface area contributed by atoms with Gasteiger partial charge in [-0.15, -0.1) is 0 Å². The topological polar surface area (TPSA) is 95.9 Å². The minimum atomic E-state index is -1.20. The summed E-state index contributed by atoms with van der Waals surface area (Å²) in [6.45, 7) is 4.01. The summed E-state index contributed by atoms with van der Waals surface area (Å²) in [6.07, 6.45) is 2.76. The zero-order valence-corrected chi connectivity index (χ0v) is 12.8. The molecule has 120 valence electrons. The van der Waals surface area contributed by atoms with E-state index in [1.165, 1.54) is 18.7 Å². The molecule has 1 saturated heterocycles. The molecule has 1 atom stereocenters. The average molecular weight is 300 g/mol. The molecule has 1 heterocycles. The van der Waals surface area contributed by atoms with Gasteiger partial charge in [-0.25, -0.2) is 4.79 Å². The van der Waals surface area contributed by atoms with Gasteiger partial charge in [0, 0.05) is 26.6 Å². The highest BCUT2D eigenvalue weighted by Gasteiger charge is 2.31. The summed E-state index contributed by atoms with van der Waals surface area (Å²) in [7, 11) is 1.59. The number of amides is 3. The lowest BCUT2D eigenvalue weighted by atomic mass is 9.89. The number of carbonyl (C=O) groups excluding carboxylic acids is 2. The molecule has 2 N–H and O–H groups in total. The first-order valence-electron chi connectivity index (χ1n) is 7.12. The van der Waals surface area contributed by atoms with Crippen LogP contribution in [-0.4, -0.2) is 54.2 Å². The van der Waals surface area contributed by atoms with E-state index in [9.17, 15) is 14.4 Å².